The van der Waals surface area contributed by atoms with Crippen molar-refractivity contribution in [2.75, 3.05) is 0 Å². The summed E-state index contributed by atoms with van der Waals surface area (Å²) in [4.78, 5) is 0. The second-order valence-corrected chi connectivity index (χ2v) is 3.12. The zero-order valence-corrected chi connectivity index (χ0v) is 7.47. The van der Waals surface area contributed by atoms with Gasteiger partial charge in [-0.3, -0.25) is 0 Å². The van der Waals surface area contributed by atoms with Gasteiger partial charge in [-0.1, -0.05) is 0 Å². The molecule has 15 heavy (non-hydrogen) atoms. The first kappa shape index (κ1) is 9.26. The summed E-state index contributed by atoms with van der Waals surface area (Å²) in [6.07, 6.45) is 0. The number of phenols is 5. The first-order chi connectivity index (χ1) is 7.02. The quantitative estimate of drug-likeness (QED) is 0.332. The van der Waals surface area contributed by atoms with Crippen molar-refractivity contribution >= 4 is 10.8 Å². The lowest BCUT2D eigenvalue weighted by Crippen LogP contribution is -1.79. The van der Waals surface area contributed by atoms with Gasteiger partial charge in [0.25, 0.3) is 0 Å². The third-order valence-corrected chi connectivity index (χ3v) is 2.19. The number of fused-ring (bicyclic) bond motifs is 1. The van der Waals surface area contributed by atoms with Crippen molar-refractivity contribution < 1.29 is 25.5 Å². The summed E-state index contributed by atoms with van der Waals surface area (Å²) >= 11 is 0. The summed E-state index contributed by atoms with van der Waals surface area (Å²) in [5, 5.41) is 46.7. The molecular formula is C10H8O5. The number of aromatic hydroxyl groups is 5. The molecule has 0 aliphatic heterocycles. The van der Waals surface area contributed by atoms with Crippen LogP contribution in [0, 0.1) is 0 Å². The molecule has 2 aromatic carbocycles. The Balaban J connectivity index is 3.04. The van der Waals surface area contributed by atoms with Gasteiger partial charge in [-0.15, -0.1) is 0 Å². The van der Waals surface area contributed by atoms with Crippen LogP contribution in [0.2, 0.25) is 0 Å². The van der Waals surface area contributed by atoms with E-state index in [4.69, 9.17) is 0 Å². The Bertz CT molecular complexity index is 547. The van der Waals surface area contributed by atoms with E-state index in [9.17, 15) is 25.5 Å². The maximum absolute atomic E-state index is 9.46. The van der Waals surface area contributed by atoms with E-state index in [1.807, 2.05) is 0 Å². The number of phenolic OH excluding ortho intramolecular Hbond substituents is 5. The Morgan fingerprint density at radius 2 is 1.27 bits per heavy atom. The van der Waals surface area contributed by atoms with Crippen molar-refractivity contribution in [2.45, 2.75) is 0 Å². The molecule has 0 radical (unpaired) electrons. The molecular weight excluding hydrogens is 200 g/mol. The van der Waals surface area contributed by atoms with Crippen LogP contribution >= 0.6 is 0 Å². The molecule has 5 nitrogen and oxygen atoms in total. The number of rotatable bonds is 0. The molecule has 0 saturated heterocycles. The minimum Gasteiger partial charge on any atom is -0.507 e. The summed E-state index contributed by atoms with van der Waals surface area (Å²) in [6, 6.07) is 3.45. The van der Waals surface area contributed by atoms with Crippen LogP contribution in [0.1, 0.15) is 0 Å². The Labute approximate surface area is 84.1 Å². The van der Waals surface area contributed by atoms with Crippen LogP contribution in [-0.4, -0.2) is 25.5 Å². The Morgan fingerprint density at radius 3 is 1.93 bits per heavy atom. The van der Waals surface area contributed by atoms with E-state index in [1.165, 1.54) is 12.1 Å². The van der Waals surface area contributed by atoms with Crippen LogP contribution in [0.3, 0.4) is 0 Å². The molecule has 0 aromatic heterocycles. The summed E-state index contributed by atoms with van der Waals surface area (Å²) in [5.74, 6) is -2.48. The maximum Gasteiger partial charge on any atom is 0.201 e. The normalized spacial score (nSPS) is 10.7. The Kier molecular flexibility index (Phi) is 1.76. The molecule has 5 N–H and O–H groups in total. The molecule has 0 atom stereocenters. The van der Waals surface area contributed by atoms with Crippen molar-refractivity contribution in [1.82, 2.24) is 0 Å². The maximum atomic E-state index is 9.46. The van der Waals surface area contributed by atoms with Gasteiger partial charge in [-0.2, -0.15) is 0 Å². The number of hydrogen-bond acceptors (Lipinski definition) is 5. The minimum atomic E-state index is -0.733. The summed E-state index contributed by atoms with van der Waals surface area (Å²) in [7, 11) is 0. The molecule has 0 saturated carbocycles. The first-order valence-corrected chi connectivity index (χ1v) is 4.11. The number of benzene rings is 2. The van der Waals surface area contributed by atoms with Gasteiger partial charge >= 0.3 is 0 Å². The molecule has 5 heteroatoms. The molecule has 0 amide bonds. The van der Waals surface area contributed by atoms with Crippen molar-refractivity contribution in [3.63, 3.8) is 0 Å². The fourth-order valence-electron chi connectivity index (χ4n) is 1.44. The van der Waals surface area contributed by atoms with Gasteiger partial charge in [0, 0.05) is 5.39 Å². The molecule has 0 aliphatic rings. The monoisotopic (exact) mass is 208 g/mol. The molecule has 2 rings (SSSR count). The summed E-state index contributed by atoms with van der Waals surface area (Å²) in [5.41, 5.74) is 0. The highest BCUT2D eigenvalue weighted by molar-refractivity contribution is 6.00. The minimum absolute atomic E-state index is 0.0581. The molecule has 2 aromatic rings. The lowest BCUT2D eigenvalue weighted by Gasteiger charge is -2.08. The smallest absolute Gasteiger partial charge is 0.201 e. The van der Waals surface area contributed by atoms with Crippen LogP contribution in [0.25, 0.3) is 10.8 Å². The van der Waals surface area contributed by atoms with Crippen LogP contribution in [0.4, 0.5) is 0 Å². The topological polar surface area (TPSA) is 101 Å². The zero-order valence-electron chi connectivity index (χ0n) is 7.47. The second kappa shape index (κ2) is 2.84. The highest BCUT2D eigenvalue weighted by atomic mass is 16.3. The zero-order chi connectivity index (χ0) is 11.2. The highest BCUT2D eigenvalue weighted by Gasteiger charge is 2.16. The van der Waals surface area contributed by atoms with E-state index in [0.29, 0.717) is 0 Å². The molecule has 0 aliphatic carbocycles. The van der Waals surface area contributed by atoms with E-state index in [-0.39, 0.29) is 22.3 Å². The SMILES string of the molecule is Oc1cc2c(O)ccc(O)c2c(O)c1O. The van der Waals surface area contributed by atoms with Crippen LogP contribution in [-0.2, 0) is 0 Å². The van der Waals surface area contributed by atoms with E-state index in [1.54, 1.807) is 0 Å². The third-order valence-electron chi connectivity index (χ3n) is 2.19. The van der Waals surface area contributed by atoms with Gasteiger partial charge in [-0.25, -0.2) is 0 Å². The lowest BCUT2D eigenvalue weighted by molar-refractivity contribution is 0.369. The highest BCUT2D eigenvalue weighted by Crippen LogP contribution is 2.46. The van der Waals surface area contributed by atoms with Gasteiger partial charge in [0.2, 0.25) is 5.75 Å². The van der Waals surface area contributed by atoms with Gasteiger partial charge in [0.1, 0.15) is 11.5 Å². The molecule has 0 bridgehead atoms. The summed E-state index contributed by atoms with van der Waals surface area (Å²) < 4.78 is 0. The molecule has 0 heterocycles. The molecule has 0 fully saturated rings. The second-order valence-electron chi connectivity index (χ2n) is 3.12. The van der Waals surface area contributed by atoms with Gasteiger partial charge in [0.05, 0.1) is 5.39 Å². The summed E-state index contributed by atoms with van der Waals surface area (Å²) in [6.45, 7) is 0. The van der Waals surface area contributed by atoms with Gasteiger partial charge in [-0.05, 0) is 18.2 Å². The van der Waals surface area contributed by atoms with Crippen molar-refractivity contribution in [3.05, 3.63) is 18.2 Å². The van der Waals surface area contributed by atoms with Gasteiger partial charge < -0.3 is 25.5 Å². The van der Waals surface area contributed by atoms with Crippen molar-refractivity contribution in [1.29, 1.82) is 0 Å². The van der Waals surface area contributed by atoms with Crippen LogP contribution in [0.15, 0.2) is 18.2 Å². The van der Waals surface area contributed by atoms with Crippen molar-refractivity contribution in [3.8, 4) is 28.7 Å². The Hall–Kier alpha value is -2.30. The fourth-order valence-corrected chi connectivity index (χ4v) is 1.44. The molecule has 78 valence electrons. The largest absolute Gasteiger partial charge is 0.507 e. The van der Waals surface area contributed by atoms with Crippen LogP contribution in [0.5, 0.6) is 28.7 Å². The van der Waals surface area contributed by atoms with E-state index in [2.05, 4.69) is 0 Å². The standard InChI is InChI=1S/C10H8O5/c11-5-1-2-6(12)8-4(5)3-7(13)9(14)10(8)15/h1-3,11-15H. The average Bonchev–Trinajstić information content (AvgIpc) is 2.20. The third kappa shape index (κ3) is 1.17. The number of hydrogen-bond donors (Lipinski definition) is 5. The predicted molar refractivity (Wildman–Crippen MR) is 52.3 cm³/mol. The van der Waals surface area contributed by atoms with Crippen LogP contribution < -0.4 is 0 Å². The van der Waals surface area contributed by atoms with Gasteiger partial charge in [0.15, 0.2) is 11.5 Å². The first-order valence-electron chi connectivity index (χ1n) is 4.11. The van der Waals surface area contributed by atoms with Crippen molar-refractivity contribution in [2.24, 2.45) is 0 Å². The van der Waals surface area contributed by atoms with E-state index in [0.717, 1.165) is 6.07 Å². The lowest BCUT2D eigenvalue weighted by atomic mass is 10.1. The van der Waals surface area contributed by atoms with E-state index >= 15 is 0 Å². The molecule has 0 spiro atoms. The average molecular weight is 208 g/mol. The molecule has 0 unspecified atom stereocenters. The predicted octanol–water partition coefficient (Wildman–Crippen LogP) is 1.37. The van der Waals surface area contributed by atoms with E-state index < -0.39 is 17.2 Å². The fraction of sp³-hybridized carbons (Fsp3) is 0. The Morgan fingerprint density at radius 1 is 0.667 bits per heavy atom.